The van der Waals surface area contributed by atoms with Crippen LogP contribution >= 0.6 is 15.9 Å². The summed E-state index contributed by atoms with van der Waals surface area (Å²) in [7, 11) is 0. The van der Waals surface area contributed by atoms with Crippen molar-refractivity contribution < 1.29 is 0 Å². The molecule has 0 bridgehead atoms. The van der Waals surface area contributed by atoms with Crippen molar-refractivity contribution in [3.8, 4) is 12.3 Å². The van der Waals surface area contributed by atoms with Crippen molar-refractivity contribution in [1.82, 2.24) is 9.78 Å². The van der Waals surface area contributed by atoms with E-state index in [9.17, 15) is 4.79 Å². The van der Waals surface area contributed by atoms with E-state index in [0.29, 0.717) is 4.47 Å². The first-order chi connectivity index (χ1) is 7.72. The van der Waals surface area contributed by atoms with Gasteiger partial charge in [0.05, 0.1) is 11.9 Å². The molecule has 0 aromatic carbocycles. The SMILES string of the molecule is C#CCn1ncc(NCC2CC2)c(Br)c1=O. The summed E-state index contributed by atoms with van der Waals surface area (Å²) in [6.07, 6.45) is 9.31. The zero-order valence-electron chi connectivity index (χ0n) is 8.74. The molecule has 84 valence electrons. The standard InChI is InChI=1S/C11H12BrN3O/c1-2-5-15-11(16)10(12)9(7-14-15)13-6-8-3-4-8/h1,7-8,13H,3-6H2. The first-order valence-corrected chi connectivity index (χ1v) is 5.94. The lowest BCUT2D eigenvalue weighted by molar-refractivity contribution is 0.659. The molecule has 1 aliphatic rings. The highest BCUT2D eigenvalue weighted by molar-refractivity contribution is 9.10. The molecular weight excluding hydrogens is 270 g/mol. The highest BCUT2D eigenvalue weighted by atomic mass is 79.9. The average molecular weight is 282 g/mol. The molecule has 1 fully saturated rings. The zero-order valence-corrected chi connectivity index (χ0v) is 10.3. The normalized spacial score (nSPS) is 14.5. The molecule has 0 atom stereocenters. The number of hydrogen-bond acceptors (Lipinski definition) is 3. The van der Waals surface area contributed by atoms with Crippen LogP contribution in [-0.4, -0.2) is 16.3 Å². The second-order valence-corrected chi connectivity index (χ2v) is 4.66. The summed E-state index contributed by atoms with van der Waals surface area (Å²) < 4.78 is 1.75. The topological polar surface area (TPSA) is 46.9 Å². The minimum absolute atomic E-state index is 0.195. The van der Waals surface area contributed by atoms with E-state index in [-0.39, 0.29) is 12.1 Å². The van der Waals surface area contributed by atoms with Gasteiger partial charge in [0.2, 0.25) is 0 Å². The van der Waals surface area contributed by atoms with Crippen LogP contribution in [0.5, 0.6) is 0 Å². The summed E-state index contributed by atoms with van der Waals surface area (Å²) in [5.74, 6) is 3.14. The van der Waals surface area contributed by atoms with Gasteiger partial charge in [-0.25, -0.2) is 4.68 Å². The third-order valence-corrected chi connectivity index (χ3v) is 3.27. The maximum Gasteiger partial charge on any atom is 0.284 e. The van der Waals surface area contributed by atoms with Gasteiger partial charge < -0.3 is 5.32 Å². The molecule has 1 aromatic rings. The number of rotatable bonds is 4. The zero-order chi connectivity index (χ0) is 11.5. The summed E-state index contributed by atoms with van der Waals surface area (Å²) in [5, 5.41) is 7.21. The van der Waals surface area contributed by atoms with Crippen molar-refractivity contribution in [1.29, 1.82) is 0 Å². The highest BCUT2D eigenvalue weighted by Crippen LogP contribution is 2.29. The quantitative estimate of drug-likeness (QED) is 0.850. The Morgan fingerprint density at radius 2 is 2.44 bits per heavy atom. The Hall–Kier alpha value is -1.28. The van der Waals surface area contributed by atoms with Crippen molar-refractivity contribution in [2.45, 2.75) is 19.4 Å². The number of hydrogen-bond donors (Lipinski definition) is 1. The first kappa shape index (κ1) is 11.2. The minimum atomic E-state index is -0.196. The average Bonchev–Trinajstić information content (AvgIpc) is 3.08. The van der Waals surface area contributed by atoms with Gasteiger partial charge in [-0.2, -0.15) is 5.10 Å². The molecule has 0 saturated heterocycles. The molecule has 0 amide bonds. The molecule has 0 spiro atoms. The monoisotopic (exact) mass is 281 g/mol. The lowest BCUT2D eigenvalue weighted by atomic mass is 10.4. The van der Waals surface area contributed by atoms with Crippen LogP contribution in [0, 0.1) is 18.3 Å². The molecule has 1 N–H and O–H groups in total. The Bertz CT molecular complexity index is 485. The van der Waals surface area contributed by atoms with Crippen LogP contribution in [0.4, 0.5) is 5.69 Å². The Labute approximate surface area is 102 Å². The van der Waals surface area contributed by atoms with Gasteiger partial charge in [0.15, 0.2) is 0 Å². The van der Waals surface area contributed by atoms with E-state index >= 15 is 0 Å². The fourth-order valence-corrected chi connectivity index (χ4v) is 1.81. The van der Waals surface area contributed by atoms with E-state index in [1.165, 1.54) is 17.5 Å². The fourth-order valence-electron chi connectivity index (χ4n) is 1.36. The van der Waals surface area contributed by atoms with E-state index in [1.54, 1.807) is 6.20 Å². The molecule has 0 unspecified atom stereocenters. The summed E-state index contributed by atoms with van der Waals surface area (Å²) in [6, 6.07) is 0. The summed E-state index contributed by atoms with van der Waals surface area (Å²) in [5.41, 5.74) is 0.545. The molecule has 1 aromatic heterocycles. The third-order valence-electron chi connectivity index (χ3n) is 2.50. The molecular formula is C11H12BrN3O. The summed E-state index contributed by atoms with van der Waals surface area (Å²) in [6.45, 7) is 1.10. The number of terminal acetylenes is 1. The second kappa shape index (κ2) is 4.71. The van der Waals surface area contributed by atoms with E-state index in [1.807, 2.05) is 0 Å². The van der Waals surface area contributed by atoms with E-state index in [0.717, 1.165) is 18.2 Å². The molecule has 5 heteroatoms. The maximum absolute atomic E-state index is 11.8. The predicted octanol–water partition coefficient (Wildman–Crippen LogP) is 1.46. The Morgan fingerprint density at radius 1 is 1.69 bits per heavy atom. The highest BCUT2D eigenvalue weighted by Gasteiger charge is 2.21. The molecule has 1 heterocycles. The van der Waals surface area contributed by atoms with Gasteiger partial charge >= 0.3 is 0 Å². The van der Waals surface area contributed by atoms with Crippen molar-refractivity contribution in [2.24, 2.45) is 5.92 Å². The van der Waals surface area contributed by atoms with Gasteiger partial charge in [-0.1, -0.05) is 5.92 Å². The van der Waals surface area contributed by atoms with Crippen molar-refractivity contribution in [3.63, 3.8) is 0 Å². The Kier molecular flexibility index (Phi) is 3.30. The number of anilines is 1. The summed E-state index contributed by atoms with van der Waals surface area (Å²) >= 11 is 3.27. The number of halogens is 1. The van der Waals surface area contributed by atoms with Gasteiger partial charge in [0.25, 0.3) is 5.56 Å². The van der Waals surface area contributed by atoms with Crippen molar-refractivity contribution in [2.75, 3.05) is 11.9 Å². The van der Waals surface area contributed by atoms with Gasteiger partial charge in [-0.05, 0) is 34.7 Å². The van der Waals surface area contributed by atoms with Crippen LogP contribution in [0.3, 0.4) is 0 Å². The van der Waals surface area contributed by atoms with Crippen LogP contribution in [0.15, 0.2) is 15.5 Å². The van der Waals surface area contributed by atoms with Crippen LogP contribution in [0.1, 0.15) is 12.8 Å². The number of aromatic nitrogens is 2. The first-order valence-electron chi connectivity index (χ1n) is 5.15. The lowest BCUT2D eigenvalue weighted by Gasteiger charge is -2.08. The van der Waals surface area contributed by atoms with Gasteiger partial charge in [0, 0.05) is 6.54 Å². The molecule has 2 rings (SSSR count). The fraction of sp³-hybridized carbons (Fsp3) is 0.455. The van der Waals surface area contributed by atoms with Crippen LogP contribution in [0.25, 0.3) is 0 Å². The van der Waals surface area contributed by atoms with Crippen LogP contribution in [0.2, 0.25) is 0 Å². The smallest absolute Gasteiger partial charge is 0.284 e. The largest absolute Gasteiger partial charge is 0.382 e. The van der Waals surface area contributed by atoms with E-state index in [4.69, 9.17) is 6.42 Å². The van der Waals surface area contributed by atoms with Gasteiger partial charge in [0.1, 0.15) is 11.0 Å². The molecule has 1 aliphatic carbocycles. The van der Waals surface area contributed by atoms with Crippen LogP contribution < -0.4 is 10.9 Å². The lowest BCUT2D eigenvalue weighted by Crippen LogP contribution is -2.24. The molecule has 0 aliphatic heterocycles. The molecule has 4 nitrogen and oxygen atoms in total. The molecule has 0 radical (unpaired) electrons. The maximum atomic E-state index is 11.8. The van der Waals surface area contributed by atoms with Crippen LogP contribution in [-0.2, 0) is 6.54 Å². The second-order valence-electron chi connectivity index (χ2n) is 3.86. The van der Waals surface area contributed by atoms with E-state index in [2.05, 4.69) is 32.3 Å². The molecule has 1 saturated carbocycles. The number of nitrogens with zero attached hydrogens (tertiary/aromatic N) is 2. The predicted molar refractivity (Wildman–Crippen MR) is 66.2 cm³/mol. The summed E-state index contributed by atoms with van der Waals surface area (Å²) in [4.78, 5) is 11.8. The Balaban J connectivity index is 2.17. The third kappa shape index (κ3) is 2.45. The van der Waals surface area contributed by atoms with Crippen molar-refractivity contribution >= 4 is 21.6 Å². The van der Waals surface area contributed by atoms with Crippen molar-refractivity contribution in [3.05, 3.63) is 21.0 Å². The van der Waals surface area contributed by atoms with Gasteiger partial charge in [-0.15, -0.1) is 6.42 Å². The van der Waals surface area contributed by atoms with Gasteiger partial charge in [-0.3, -0.25) is 4.79 Å². The minimum Gasteiger partial charge on any atom is -0.382 e. The number of nitrogens with one attached hydrogen (secondary N) is 1. The molecule has 16 heavy (non-hydrogen) atoms. The van der Waals surface area contributed by atoms with E-state index < -0.39 is 0 Å². The Morgan fingerprint density at radius 3 is 3.06 bits per heavy atom.